The fourth-order valence-corrected chi connectivity index (χ4v) is 1.85. The molecule has 0 unspecified atom stereocenters. The predicted molar refractivity (Wildman–Crippen MR) is 76.3 cm³/mol. The molecule has 0 aliphatic rings. The standard InChI is InChI=1S/C17H18O2/c1-13(2)15-8-10-16(11-9-15)19-17(18)12-14-6-4-3-5-7-14/h3-11,13H,12H2,1-2H3. The highest BCUT2D eigenvalue weighted by Crippen LogP contribution is 2.19. The van der Waals surface area contributed by atoms with Crippen molar-refractivity contribution in [1.29, 1.82) is 0 Å². The molecular weight excluding hydrogens is 236 g/mol. The highest BCUT2D eigenvalue weighted by Gasteiger charge is 2.06. The van der Waals surface area contributed by atoms with Crippen LogP contribution in [-0.4, -0.2) is 5.97 Å². The number of carbonyl (C=O) groups excluding carboxylic acids is 1. The third kappa shape index (κ3) is 3.95. The molecule has 98 valence electrons. The van der Waals surface area contributed by atoms with Gasteiger partial charge in [-0.3, -0.25) is 4.79 Å². The summed E-state index contributed by atoms with van der Waals surface area (Å²) in [5.74, 6) is 0.850. The van der Waals surface area contributed by atoms with Gasteiger partial charge in [0.15, 0.2) is 0 Å². The lowest BCUT2D eigenvalue weighted by atomic mass is 10.0. The van der Waals surface area contributed by atoms with Crippen LogP contribution in [0.15, 0.2) is 54.6 Å². The molecule has 0 aliphatic heterocycles. The van der Waals surface area contributed by atoms with Gasteiger partial charge in [-0.1, -0.05) is 56.3 Å². The number of hydrogen-bond acceptors (Lipinski definition) is 2. The van der Waals surface area contributed by atoms with Crippen molar-refractivity contribution in [3.63, 3.8) is 0 Å². The van der Waals surface area contributed by atoms with Gasteiger partial charge >= 0.3 is 5.97 Å². The van der Waals surface area contributed by atoms with E-state index < -0.39 is 0 Å². The lowest BCUT2D eigenvalue weighted by Gasteiger charge is -2.07. The molecule has 0 saturated carbocycles. The van der Waals surface area contributed by atoms with Gasteiger partial charge < -0.3 is 4.74 Å². The minimum absolute atomic E-state index is 0.233. The van der Waals surface area contributed by atoms with Crippen LogP contribution in [0.25, 0.3) is 0 Å². The molecule has 2 nitrogen and oxygen atoms in total. The van der Waals surface area contributed by atoms with Crippen LogP contribution < -0.4 is 4.74 Å². The zero-order chi connectivity index (χ0) is 13.7. The summed E-state index contributed by atoms with van der Waals surface area (Å²) in [6.45, 7) is 4.27. The molecule has 2 aromatic rings. The fourth-order valence-electron chi connectivity index (χ4n) is 1.85. The second kappa shape index (κ2) is 6.19. The number of ether oxygens (including phenoxy) is 1. The summed E-state index contributed by atoms with van der Waals surface area (Å²) in [6.07, 6.45) is 0.298. The molecule has 2 rings (SSSR count). The minimum atomic E-state index is -0.233. The van der Waals surface area contributed by atoms with Gasteiger partial charge in [0.2, 0.25) is 0 Å². The molecule has 0 fully saturated rings. The monoisotopic (exact) mass is 254 g/mol. The van der Waals surface area contributed by atoms with Crippen LogP contribution in [0, 0.1) is 0 Å². The first-order valence-electron chi connectivity index (χ1n) is 6.49. The molecule has 19 heavy (non-hydrogen) atoms. The fraction of sp³-hybridized carbons (Fsp3) is 0.235. The Bertz CT molecular complexity index is 527. The van der Waals surface area contributed by atoms with Gasteiger partial charge in [-0.25, -0.2) is 0 Å². The van der Waals surface area contributed by atoms with Gasteiger partial charge in [0.1, 0.15) is 5.75 Å². The van der Waals surface area contributed by atoms with Crippen molar-refractivity contribution in [2.24, 2.45) is 0 Å². The Kier molecular flexibility index (Phi) is 4.35. The SMILES string of the molecule is CC(C)c1ccc(OC(=O)Cc2ccccc2)cc1. The van der Waals surface area contributed by atoms with Crippen molar-refractivity contribution >= 4 is 5.97 Å². The average Bonchev–Trinajstić information content (AvgIpc) is 2.40. The Labute approximate surface area is 114 Å². The van der Waals surface area contributed by atoms with Crippen LogP contribution in [-0.2, 0) is 11.2 Å². The average molecular weight is 254 g/mol. The molecule has 0 aromatic heterocycles. The molecule has 2 aromatic carbocycles. The van der Waals surface area contributed by atoms with Gasteiger partial charge in [-0.05, 0) is 29.2 Å². The molecule has 0 bridgehead atoms. The first-order chi connectivity index (χ1) is 9.15. The zero-order valence-corrected chi connectivity index (χ0v) is 11.3. The van der Waals surface area contributed by atoms with E-state index in [1.54, 1.807) is 0 Å². The van der Waals surface area contributed by atoms with E-state index in [9.17, 15) is 4.79 Å². The maximum atomic E-state index is 11.8. The Morgan fingerprint density at radius 1 is 1.00 bits per heavy atom. The first kappa shape index (κ1) is 13.3. The molecular formula is C17H18O2. The Morgan fingerprint density at radius 2 is 1.63 bits per heavy atom. The molecule has 0 saturated heterocycles. The number of rotatable bonds is 4. The maximum Gasteiger partial charge on any atom is 0.315 e. The summed E-state index contributed by atoms with van der Waals surface area (Å²) in [4.78, 5) is 11.8. The Morgan fingerprint density at radius 3 is 2.21 bits per heavy atom. The zero-order valence-electron chi connectivity index (χ0n) is 11.3. The van der Waals surface area contributed by atoms with E-state index in [1.807, 2.05) is 54.6 Å². The van der Waals surface area contributed by atoms with Crippen molar-refractivity contribution in [2.45, 2.75) is 26.2 Å². The van der Waals surface area contributed by atoms with Crippen molar-refractivity contribution in [3.8, 4) is 5.75 Å². The molecule has 0 amide bonds. The van der Waals surface area contributed by atoms with Crippen LogP contribution in [0.2, 0.25) is 0 Å². The molecule has 0 N–H and O–H groups in total. The largest absolute Gasteiger partial charge is 0.426 e. The van der Waals surface area contributed by atoms with Crippen molar-refractivity contribution < 1.29 is 9.53 Å². The summed E-state index contributed by atoms with van der Waals surface area (Å²) in [5.41, 5.74) is 2.20. The van der Waals surface area contributed by atoms with Crippen LogP contribution >= 0.6 is 0 Å². The van der Waals surface area contributed by atoms with E-state index in [1.165, 1.54) is 5.56 Å². The molecule has 0 heterocycles. The van der Waals surface area contributed by atoms with Crippen molar-refractivity contribution in [3.05, 3.63) is 65.7 Å². The van der Waals surface area contributed by atoms with E-state index >= 15 is 0 Å². The van der Waals surface area contributed by atoms with Gasteiger partial charge in [0.05, 0.1) is 6.42 Å². The molecule has 0 radical (unpaired) electrons. The summed E-state index contributed by atoms with van der Waals surface area (Å²) in [5, 5.41) is 0. The van der Waals surface area contributed by atoms with E-state index in [2.05, 4.69) is 13.8 Å². The van der Waals surface area contributed by atoms with Crippen molar-refractivity contribution in [1.82, 2.24) is 0 Å². The van der Waals surface area contributed by atoms with Gasteiger partial charge in [0, 0.05) is 0 Å². The maximum absolute atomic E-state index is 11.8. The number of hydrogen-bond donors (Lipinski definition) is 0. The Hall–Kier alpha value is -2.09. The molecule has 0 aliphatic carbocycles. The van der Waals surface area contributed by atoms with E-state index in [0.29, 0.717) is 18.1 Å². The van der Waals surface area contributed by atoms with E-state index in [-0.39, 0.29) is 5.97 Å². The first-order valence-corrected chi connectivity index (χ1v) is 6.49. The van der Waals surface area contributed by atoms with Crippen molar-refractivity contribution in [2.75, 3.05) is 0 Å². The van der Waals surface area contributed by atoms with Crippen LogP contribution in [0.4, 0.5) is 0 Å². The summed E-state index contributed by atoms with van der Waals surface area (Å²) >= 11 is 0. The smallest absolute Gasteiger partial charge is 0.315 e. The van der Waals surface area contributed by atoms with Gasteiger partial charge in [-0.2, -0.15) is 0 Å². The van der Waals surface area contributed by atoms with Gasteiger partial charge in [0.25, 0.3) is 0 Å². The second-order valence-electron chi connectivity index (χ2n) is 4.86. The topological polar surface area (TPSA) is 26.3 Å². The van der Waals surface area contributed by atoms with Crippen LogP contribution in [0.1, 0.15) is 30.9 Å². The predicted octanol–water partition coefficient (Wildman–Crippen LogP) is 3.96. The number of carbonyl (C=O) groups is 1. The highest BCUT2D eigenvalue weighted by molar-refractivity contribution is 5.75. The molecule has 2 heteroatoms. The quantitative estimate of drug-likeness (QED) is 0.610. The molecule has 0 spiro atoms. The van der Waals surface area contributed by atoms with Gasteiger partial charge in [-0.15, -0.1) is 0 Å². The normalized spacial score (nSPS) is 10.5. The van der Waals surface area contributed by atoms with E-state index in [0.717, 1.165) is 5.56 Å². The third-order valence-corrected chi connectivity index (χ3v) is 2.97. The Balaban J connectivity index is 1.95. The molecule has 0 atom stereocenters. The van der Waals surface area contributed by atoms with E-state index in [4.69, 9.17) is 4.74 Å². The second-order valence-corrected chi connectivity index (χ2v) is 4.86. The highest BCUT2D eigenvalue weighted by atomic mass is 16.5. The van der Waals surface area contributed by atoms with Crippen LogP contribution in [0.5, 0.6) is 5.75 Å². The lowest BCUT2D eigenvalue weighted by Crippen LogP contribution is -2.11. The summed E-state index contributed by atoms with van der Waals surface area (Å²) in [6, 6.07) is 17.3. The summed E-state index contributed by atoms with van der Waals surface area (Å²) in [7, 11) is 0. The lowest BCUT2D eigenvalue weighted by molar-refractivity contribution is -0.133. The number of benzene rings is 2. The summed E-state index contributed by atoms with van der Waals surface area (Å²) < 4.78 is 5.31. The third-order valence-electron chi connectivity index (χ3n) is 2.97. The van der Waals surface area contributed by atoms with Crippen LogP contribution in [0.3, 0.4) is 0 Å². The number of esters is 1. The minimum Gasteiger partial charge on any atom is -0.426 e.